The van der Waals surface area contributed by atoms with Crippen LogP contribution in [0.5, 0.6) is 0 Å². The van der Waals surface area contributed by atoms with Gasteiger partial charge in [0.05, 0.1) is 0 Å². The summed E-state index contributed by atoms with van der Waals surface area (Å²) in [5, 5.41) is 3.61. The number of nitrogens with two attached hydrogens (primary N) is 1. The molecule has 0 aliphatic heterocycles. The Morgan fingerprint density at radius 3 is 2.64 bits per heavy atom. The van der Waals surface area contributed by atoms with Crippen LogP contribution >= 0.6 is 0 Å². The molecule has 0 saturated heterocycles. The van der Waals surface area contributed by atoms with E-state index in [9.17, 15) is 0 Å². The lowest BCUT2D eigenvalue weighted by atomic mass is 9.77. The first-order valence-corrected chi connectivity index (χ1v) is 5.78. The van der Waals surface area contributed by atoms with E-state index < -0.39 is 0 Å². The van der Waals surface area contributed by atoms with Crippen molar-refractivity contribution in [2.75, 3.05) is 13.1 Å². The molecule has 1 fully saturated rings. The molecule has 2 heteroatoms. The molecule has 2 nitrogen and oxygen atoms in total. The van der Waals surface area contributed by atoms with E-state index in [0.29, 0.717) is 0 Å². The third-order valence-corrected chi connectivity index (χ3v) is 3.47. The fraction of sp³-hybridized carbons (Fsp3) is 0.833. The van der Waals surface area contributed by atoms with Crippen molar-refractivity contribution in [1.82, 2.24) is 5.32 Å². The second-order valence-electron chi connectivity index (χ2n) is 4.67. The molecule has 3 N–H and O–H groups in total. The van der Waals surface area contributed by atoms with Gasteiger partial charge in [0.25, 0.3) is 0 Å². The van der Waals surface area contributed by atoms with Gasteiger partial charge in [-0.3, -0.25) is 0 Å². The average Bonchev–Trinajstić information content (AvgIpc) is 2.22. The molecule has 0 amide bonds. The Morgan fingerprint density at radius 1 is 1.50 bits per heavy atom. The minimum Gasteiger partial charge on any atom is -0.329 e. The molecule has 0 unspecified atom stereocenters. The van der Waals surface area contributed by atoms with Crippen molar-refractivity contribution in [3.05, 3.63) is 12.7 Å². The SMILES string of the molecule is C=CCCNC1(CN)CCC(C)CC1. The molecular weight excluding hydrogens is 172 g/mol. The maximum atomic E-state index is 5.88. The van der Waals surface area contributed by atoms with E-state index in [1.54, 1.807) is 0 Å². The zero-order valence-electron chi connectivity index (χ0n) is 9.39. The zero-order chi connectivity index (χ0) is 10.4. The van der Waals surface area contributed by atoms with Gasteiger partial charge >= 0.3 is 0 Å². The lowest BCUT2D eigenvalue weighted by Gasteiger charge is -2.39. The summed E-state index contributed by atoms with van der Waals surface area (Å²) in [5.41, 5.74) is 6.11. The van der Waals surface area contributed by atoms with E-state index in [2.05, 4.69) is 18.8 Å². The summed E-state index contributed by atoms with van der Waals surface area (Å²) in [6.45, 7) is 7.87. The van der Waals surface area contributed by atoms with E-state index in [4.69, 9.17) is 5.73 Å². The fourth-order valence-corrected chi connectivity index (χ4v) is 2.21. The van der Waals surface area contributed by atoms with Gasteiger partial charge in [-0.2, -0.15) is 0 Å². The highest BCUT2D eigenvalue weighted by Crippen LogP contribution is 2.31. The Hall–Kier alpha value is -0.340. The molecule has 1 aliphatic carbocycles. The highest BCUT2D eigenvalue weighted by atomic mass is 15.0. The standard InChI is InChI=1S/C12H24N2/c1-3-4-9-14-12(10-13)7-5-11(2)6-8-12/h3,11,14H,1,4-10,13H2,2H3. The molecule has 0 radical (unpaired) electrons. The Morgan fingerprint density at radius 2 is 2.14 bits per heavy atom. The molecule has 0 spiro atoms. The second kappa shape index (κ2) is 5.52. The van der Waals surface area contributed by atoms with Crippen LogP contribution in [0.2, 0.25) is 0 Å². The van der Waals surface area contributed by atoms with Gasteiger partial charge in [0.15, 0.2) is 0 Å². The zero-order valence-corrected chi connectivity index (χ0v) is 9.39. The monoisotopic (exact) mass is 196 g/mol. The molecule has 14 heavy (non-hydrogen) atoms. The Kier molecular flexibility index (Phi) is 4.63. The van der Waals surface area contributed by atoms with Crippen LogP contribution in [0.4, 0.5) is 0 Å². The molecule has 1 aliphatic rings. The molecule has 1 rings (SSSR count). The van der Waals surface area contributed by atoms with E-state index in [1.165, 1.54) is 25.7 Å². The molecule has 0 aromatic heterocycles. The number of hydrogen-bond acceptors (Lipinski definition) is 2. The van der Waals surface area contributed by atoms with Crippen molar-refractivity contribution < 1.29 is 0 Å². The fourth-order valence-electron chi connectivity index (χ4n) is 2.21. The van der Waals surface area contributed by atoms with Crippen LogP contribution in [0.25, 0.3) is 0 Å². The van der Waals surface area contributed by atoms with E-state index in [-0.39, 0.29) is 5.54 Å². The summed E-state index contributed by atoms with van der Waals surface area (Å²) in [6, 6.07) is 0. The van der Waals surface area contributed by atoms with E-state index in [0.717, 1.165) is 25.4 Å². The van der Waals surface area contributed by atoms with Crippen molar-refractivity contribution in [3.63, 3.8) is 0 Å². The maximum Gasteiger partial charge on any atom is 0.0304 e. The van der Waals surface area contributed by atoms with Crippen molar-refractivity contribution >= 4 is 0 Å². The predicted octanol–water partition coefficient (Wildman–Crippen LogP) is 2.06. The van der Waals surface area contributed by atoms with Gasteiger partial charge in [0, 0.05) is 12.1 Å². The summed E-state index contributed by atoms with van der Waals surface area (Å²) in [5.74, 6) is 0.885. The highest BCUT2D eigenvalue weighted by molar-refractivity contribution is 4.93. The van der Waals surface area contributed by atoms with Crippen molar-refractivity contribution in [2.24, 2.45) is 11.7 Å². The summed E-state index contributed by atoms with van der Waals surface area (Å²) in [7, 11) is 0. The maximum absolute atomic E-state index is 5.88. The predicted molar refractivity (Wildman–Crippen MR) is 62.2 cm³/mol. The minimum absolute atomic E-state index is 0.232. The van der Waals surface area contributed by atoms with Crippen LogP contribution in [0.15, 0.2) is 12.7 Å². The molecule has 0 aromatic rings. The third kappa shape index (κ3) is 3.10. The van der Waals surface area contributed by atoms with Gasteiger partial charge in [-0.15, -0.1) is 6.58 Å². The van der Waals surface area contributed by atoms with Crippen LogP contribution in [-0.4, -0.2) is 18.6 Å². The van der Waals surface area contributed by atoms with Gasteiger partial charge in [0.2, 0.25) is 0 Å². The average molecular weight is 196 g/mol. The smallest absolute Gasteiger partial charge is 0.0304 e. The highest BCUT2D eigenvalue weighted by Gasteiger charge is 2.31. The van der Waals surface area contributed by atoms with Crippen LogP contribution < -0.4 is 11.1 Å². The van der Waals surface area contributed by atoms with Crippen LogP contribution in [0, 0.1) is 5.92 Å². The number of hydrogen-bond donors (Lipinski definition) is 2. The first-order chi connectivity index (χ1) is 6.72. The molecule has 0 heterocycles. The first kappa shape index (κ1) is 11.7. The number of rotatable bonds is 5. The summed E-state index contributed by atoms with van der Waals surface area (Å²) >= 11 is 0. The quantitative estimate of drug-likeness (QED) is 0.522. The van der Waals surface area contributed by atoms with E-state index in [1.807, 2.05) is 6.08 Å². The second-order valence-corrected chi connectivity index (χ2v) is 4.67. The lowest BCUT2D eigenvalue weighted by Crippen LogP contribution is -2.53. The molecule has 0 atom stereocenters. The van der Waals surface area contributed by atoms with Crippen LogP contribution in [-0.2, 0) is 0 Å². The minimum atomic E-state index is 0.232. The largest absolute Gasteiger partial charge is 0.329 e. The number of nitrogens with one attached hydrogen (secondary N) is 1. The van der Waals surface area contributed by atoms with Crippen molar-refractivity contribution in [2.45, 2.75) is 44.6 Å². The van der Waals surface area contributed by atoms with Gasteiger partial charge in [-0.1, -0.05) is 13.0 Å². The molecule has 0 bridgehead atoms. The molecular formula is C12H24N2. The Balaban J connectivity index is 2.37. The lowest BCUT2D eigenvalue weighted by molar-refractivity contribution is 0.203. The topological polar surface area (TPSA) is 38.0 Å². The molecule has 82 valence electrons. The summed E-state index contributed by atoms with van der Waals surface area (Å²) in [6.07, 6.45) is 8.11. The van der Waals surface area contributed by atoms with Gasteiger partial charge in [-0.25, -0.2) is 0 Å². The Labute approximate surface area is 87.9 Å². The molecule has 1 saturated carbocycles. The van der Waals surface area contributed by atoms with Crippen LogP contribution in [0.3, 0.4) is 0 Å². The van der Waals surface area contributed by atoms with Gasteiger partial charge in [0.1, 0.15) is 0 Å². The summed E-state index contributed by atoms with van der Waals surface area (Å²) < 4.78 is 0. The van der Waals surface area contributed by atoms with Gasteiger partial charge in [-0.05, 0) is 44.6 Å². The normalized spacial score (nSPS) is 32.9. The van der Waals surface area contributed by atoms with Crippen LogP contribution in [0.1, 0.15) is 39.0 Å². The van der Waals surface area contributed by atoms with Gasteiger partial charge < -0.3 is 11.1 Å². The van der Waals surface area contributed by atoms with Crippen molar-refractivity contribution in [3.8, 4) is 0 Å². The third-order valence-electron chi connectivity index (χ3n) is 3.47. The summed E-state index contributed by atoms with van der Waals surface area (Å²) in [4.78, 5) is 0. The Bertz CT molecular complexity index is 169. The van der Waals surface area contributed by atoms with E-state index >= 15 is 0 Å². The first-order valence-electron chi connectivity index (χ1n) is 5.78. The van der Waals surface area contributed by atoms with Crippen molar-refractivity contribution in [1.29, 1.82) is 0 Å². The molecule has 0 aromatic carbocycles.